The fourth-order valence-electron chi connectivity index (χ4n) is 4.19. The highest BCUT2D eigenvalue weighted by Crippen LogP contribution is 2.49. The number of fused-ring (bicyclic) bond motifs is 2. The molecular formula is C13H22N2O3S. The van der Waals surface area contributed by atoms with Crippen LogP contribution in [0.1, 0.15) is 38.5 Å². The lowest BCUT2D eigenvalue weighted by Gasteiger charge is -2.35. The number of piperidine rings is 1. The predicted octanol–water partition coefficient (Wildman–Crippen LogP) is 0.702. The molecule has 2 N–H and O–H groups in total. The van der Waals surface area contributed by atoms with E-state index in [4.69, 9.17) is 5.14 Å². The second-order valence-corrected chi connectivity index (χ2v) is 8.26. The standard InChI is InChI=1S/C13H22N2O3S/c14-19(17,18)11-2-1-5-15(8-11)13(16)12-7-9-3-4-10(12)6-9/h9-12H,1-8H2,(H2,14,17,18). The van der Waals surface area contributed by atoms with Gasteiger partial charge in [0, 0.05) is 19.0 Å². The molecule has 2 bridgehead atoms. The number of hydrogen-bond donors (Lipinski definition) is 1. The van der Waals surface area contributed by atoms with Crippen molar-refractivity contribution < 1.29 is 13.2 Å². The van der Waals surface area contributed by atoms with E-state index in [1.54, 1.807) is 4.90 Å². The lowest BCUT2D eigenvalue weighted by molar-refractivity contribution is -0.138. The van der Waals surface area contributed by atoms with Crippen LogP contribution in [0.3, 0.4) is 0 Å². The minimum Gasteiger partial charge on any atom is -0.341 e. The van der Waals surface area contributed by atoms with E-state index in [0.717, 1.165) is 18.8 Å². The number of likely N-dealkylation sites (tertiary alicyclic amines) is 1. The third-order valence-electron chi connectivity index (χ3n) is 5.21. The second-order valence-electron chi connectivity index (χ2n) is 6.42. The minimum atomic E-state index is -3.52. The molecule has 0 aromatic carbocycles. The van der Waals surface area contributed by atoms with Gasteiger partial charge in [-0.25, -0.2) is 13.6 Å². The molecule has 0 aromatic rings. The Morgan fingerprint density at radius 2 is 1.95 bits per heavy atom. The molecule has 1 heterocycles. The topological polar surface area (TPSA) is 80.5 Å². The van der Waals surface area contributed by atoms with Gasteiger partial charge in [0.05, 0.1) is 5.25 Å². The molecule has 1 aliphatic heterocycles. The van der Waals surface area contributed by atoms with Crippen molar-refractivity contribution in [2.75, 3.05) is 13.1 Å². The van der Waals surface area contributed by atoms with Crippen molar-refractivity contribution in [3.8, 4) is 0 Å². The summed E-state index contributed by atoms with van der Waals surface area (Å²) >= 11 is 0. The SMILES string of the molecule is NS(=O)(=O)C1CCCN(C(=O)C2CC3CCC2C3)C1. The van der Waals surface area contributed by atoms with Crippen LogP contribution in [-0.4, -0.2) is 37.6 Å². The molecule has 19 heavy (non-hydrogen) atoms. The third-order valence-corrected chi connectivity index (χ3v) is 6.52. The molecule has 1 saturated heterocycles. The summed E-state index contributed by atoms with van der Waals surface area (Å²) in [5, 5.41) is 4.65. The van der Waals surface area contributed by atoms with Gasteiger partial charge in [0.1, 0.15) is 0 Å². The molecule has 3 aliphatic rings. The predicted molar refractivity (Wildman–Crippen MR) is 71.6 cm³/mol. The Kier molecular flexibility index (Phi) is 3.33. The molecule has 5 nitrogen and oxygen atoms in total. The zero-order chi connectivity index (χ0) is 13.6. The summed E-state index contributed by atoms with van der Waals surface area (Å²) in [5.41, 5.74) is 0. The van der Waals surface area contributed by atoms with E-state index >= 15 is 0 Å². The summed E-state index contributed by atoms with van der Waals surface area (Å²) < 4.78 is 22.9. The van der Waals surface area contributed by atoms with Crippen molar-refractivity contribution in [2.24, 2.45) is 22.9 Å². The van der Waals surface area contributed by atoms with Crippen molar-refractivity contribution in [1.29, 1.82) is 0 Å². The third kappa shape index (κ3) is 2.52. The van der Waals surface area contributed by atoms with E-state index in [1.165, 1.54) is 19.3 Å². The average molecular weight is 286 g/mol. The average Bonchev–Trinajstić information content (AvgIpc) is 2.99. The van der Waals surface area contributed by atoms with Gasteiger partial charge in [-0.2, -0.15) is 0 Å². The van der Waals surface area contributed by atoms with Crippen LogP contribution in [0.15, 0.2) is 0 Å². The Bertz CT molecular complexity index is 476. The van der Waals surface area contributed by atoms with E-state index in [1.807, 2.05) is 0 Å². The molecule has 1 amide bonds. The maximum Gasteiger partial charge on any atom is 0.226 e. The van der Waals surface area contributed by atoms with Crippen LogP contribution < -0.4 is 5.14 Å². The van der Waals surface area contributed by atoms with Gasteiger partial charge in [-0.1, -0.05) is 6.42 Å². The first-order valence-corrected chi connectivity index (χ1v) is 8.86. The highest BCUT2D eigenvalue weighted by atomic mass is 32.2. The molecule has 2 aliphatic carbocycles. The zero-order valence-corrected chi connectivity index (χ0v) is 11.9. The van der Waals surface area contributed by atoms with Crippen LogP contribution in [0.5, 0.6) is 0 Å². The molecular weight excluding hydrogens is 264 g/mol. The van der Waals surface area contributed by atoms with Crippen LogP contribution in [-0.2, 0) is 14.8 Å². The number of sulfonamides is 1. The number of primary sulfonamides is 1. The normalized spacial score (nSPS) is 38.7. The van der Waals surface area contributed by atoms with Crippen molar-refractivity contribution in [2.45, 2.75) is 43.8 Å². The van der Waals surface area contributed by atoms with Crippen molar-refractivity contribution in [1.82, 2.24) is 4.90 Å². The first-order chi connectivity index (χ1) is 8.95. The summed E-state index contributed by atoms with van der Waals surface area (Å²) in [5.74, 6) is 1.61. The summed E-state index contributed by atoms with van der Waals surface area (Å²) in [6.45, 7) is 0.990. The fraction of sp³-hybridized carbons (Fsp3) is 0.923. The Hall–Kier alpha value is -0.620. The summed E-state index contributed by atoms with van der Waals surface area (Å²) in [7, 11) is -3.52. The van der Waals surface area contributed by atoms with Crippen LogP contribution in [0.2, 0.25) is 0 Å². The monoisotopic (exact) mass is 286 g/mol. The van der Waals surface area contributed by atoms with Crippen LogP contribution >= 0.6 is 0 Å². The molecule has 0 spiro atoms. The molecule has 3 rings (SSSR count). The van der Waals surface area contributed by atoms with Gasteiger partial charge < -0.3 is 4.90 Å². The molecule has 6 heteroatoms. The number of rotatable bonds is 2. The smallest absolute Gasteiger partial charge is 0.226 e. The van der Waals surface area contributed by atoms with Crippen LogP contribution in [0.4, 0.5) is 0 Å². The van der Waals surface area contributed by atoms with E-state index in [-0.39, 0.29) is 11.8 Å². The number of amides is 1. The van der Waals surface area contributed by atoms with Gasteiger partial charge in [-0.15, -0.1) is 0 Å². The second kappa shape index (κ2) is 4.74. The lowest BCUT2D eigenvalue weighted by Crippen LogP contribution is -2.49. The van der Waals surface area contributed by atoms with E-state index in [9.17, 15) is 13.2 Å². The van der Waals surface area contributed by atoms with E-state index < -0.39 is 15.3 Å². The largest absolute Gasteiger partial charge is 0.341 e. The fourth-order valence-corrected chi connectivity index (χ4v) is 5.07. The molecule has 108 valence electrons. The highest BCUT2D eigenvalue weighted by Gasteiger charge is 2.45. The Morgan fingerprint density at radius 1 is 1.16 bits per heavy atom. The number of nitrogens with zero attached hydrogens (tertiary/aromatic N) is 1. The van der Waals surface area contributed by atoms with E-state index in [0.29, 0.717) is 25.4 Å². The summed E-state index contributed by atoms with van der Waals surface area (Å²) in [6, 6.07) is 0. The maximum absolute atomic E-state index is 12.6. The molecule has 2 saturated carbocycles. The molecule has 0 radical (unpaired) electrons. The minimum absolute atomic E-state index is 0.151. The Morgan fingerprint density at radius 3 is 2.53 bits per heavy atom. The van der Waals surface area contributed by atoms with Gasteiger partial charge in [-0.05, 0) is 43.9 Å². The highest BCUT2D eigenvalue weighted by molar-refractivity contribution is 7.89. The number of hydrogen-bond acceptors (Lipinski definition) is 3. The lowest BCUT2D eigenvalue weighted by atomic mass is 9.87. The van der Waals surface area contributed by atoms with Gasteiger partial charge in [0.2, 0.25) is 15.9 Å². The first-order valence-electron chi connectivity index (χ1n) is 7.25. The summed E-state index contributed by atoms with van der Waals surface area (Å²) in [4.78, 5) is 14.3. The Balaban J connectivity index is 1.67. The van der Waals surface area contributed by atoms with Gasteiger partial charge >= 0.3 is 0 Å². The molecule has 0 aromatic heterocycles. The Labute approximate surface area is 114 Å². The molecule has 3 fully saturated rings. The zero-order valence-electron chi connectivity index (χ0n) is 11.1. The number of carbonyl (C=O) groups excluding carboxylic acids is 1. The van der Waals surface area contributed by atoms with Crippen LogP contribution in [0.25, 0.3) is 0 Å². The van der Waals surface area contributed by atoms with Gasteiger partial charge in [-0.3, -0.25) is 4.79 Å². The summed E-state index contributed by atoms with van der Waals surface area (Å²) in [6.07, 6.45) is 5.98. The maximum atomic E-state index is 12.6. The number of carbonyl (C=O) groups is 1. The van der Waals surface area contributed by atoms with Crippen molar-refractivity contribution in [3.63, 3.8) is 0 Å². The van der Waals surface area contributed by atoms with Gasteiger partial charge in [0.25, 0.3) is 0 Å². The first kappa shape index (κ1) is 13.4. The quantitative estimate of drug-likeness (QED) is 0.811. The number of nitrogens with two attached hydrogens (primary N) is 1. The molecule has 4 unspecified atom stereocenters. The van der Waals surface area contributed by atoms with Crippen molar-refractivity contribution in [3.05, 3.63) is 0 Å². The van der Waals surface area contributed by atoms with Crippen molar-refractivity contribution >= 4 is 15.9 Å². The van der Waals surface area contributed by atoms with Gasteiger partial charge in [0.15, 0.2) is 0 Å². The molecule has 4 atom stereocenters. The van der Waals surface area contributed by atoms with E-state index in [2.05, 4.69) is 0 Å². The van der Waals surface area contributed by atoms with Crippen LogP contribution in [0, 0.1) is 17.8 Å².